The lowest BCUT2D eigenvalue weighted by Gasteiger charge is -2.51. The van der Waals surface area contributed by atoms with Gasteiger partial charge in [-0.05, 0) is 12.3 Å². The van der Waals surface area contributed by atoms with E-state index in [1.54, 1.807) is 0 Å². The fourth-order valence-corrected chi connectivity index (χ4v) is 4.64. The van der Waals surface area contributed by atoms with E-state index in [4.69, 9.17) is 28.4 Å². The van der Waals surface area contributed by atoms with Gasteiger partial charge >= 0.3 is 23.9 Å². The van der Waals surface area contributed by atoms with Crippen LogP contribution in [0, 0.1) is 17.8 Å². The Morgan fingerprint density at radius 3 is 2.15 bits per heavy atom. The minimum atomic E-state index is -1.10. The molecule has 2 aliphatic rings. The van der Waals surface area contributed by atoms with Crippen LogP contribution in [0.25, 0.3) is 0 Å². The van der Waals surface area contributed by atoms with Crippen molar-refractivity contribution in [1.82, 2.24) is 0 Å². The molecule has 8 atom stereocenters. The number of esters is 4. The second-order valence-corrected chi connectivity index (χ2v) is 9.04. The molecule has 2 rings (SSSR count). The van der Waals surface area contributed by atoms with Gasteiger partial charge in [-0.25, -0.2) is 0 Å². The molecule has 10 heteroatoms. The first kappa shape index (κ1) is 27.0. The first-order valence-electron chi connectivity index (χ1n) is 11.3. The second kappa shape index (κ2) is 11.3. The summed E-state index contributed by atoms with van der Waals surface area (Å²) in [6.07, 6.45) is -2.12. The topological polar surface area (TPSA) is 124 Å². The molecule has 0 bridgehead atoms. The maximum absolute atomic E-state index is 12.0. The third-order valence-electron chi connectivity index (χ3n) is 6.39. The lowest BCUT2D eigenvalue weighted by atomic mass is 9.75. The van der Waals surface area contributed by atoms with E-state index in [-0.39, 0.29) is 31.0 Å². The standard InChI is InChI=1S/C23H36O10/c1-12(8-9-28-15(4)24)20(31-17(6)26)22-21(32-18(7)27)13(2)14(3)23(33-22)10-19(11-29-23)30-16(5)25/h12-14,19-22H,8-11H2,1-7H3/t12-,13+,14+,19-,20+,21-,22+,23-/m1/s1. The molecule has 0 radical (unpaired) electrons. The van der Waals surface area contributed by atoms with Gasteiger partial charge in [-0.3, -0.25) is 19.2 Å². The summed E-state index contributed by atoms with van der Waals surface area (Å²) < 4.78 is 34.2. The summed E-state index contributed by atoms with van der Waals surface area (Å²) >= 11 is 0. The van der Waals surface area contributed by atoms with Crippen molar-refractivity contribution >= 4 is 23.9 Å². The molecule has 2 fully saturated rings. The largest absolute Gasteiger partial charge is 0.466 e. The van der Waals surface area contributed by atoms with Crippen LogP contribution in [0.3, 0.4) is 0 Å². The zero-order chi connectivity index (χ0) is 24.9. The smallest absolute Gasteiger partial charge is 0.303 e. The third-order valence-corrected chi connectivity index (χ3v) is 6.39. The highest BCUT2D eigenvalue weighted by Crippen LogP contribution is 2.48. The average Bonchev–Trinajstić information content (AvgIpc) is 3.08. The number of hydrogen-bond acceptors (Lipinski definition) is 10. The Morgan fingerprint density at radius 2 is 1.61 bits per heavy atom. The molecule has 2 aliphatic heterocycles. The molecule has 33 heavy (non-hydrogen) atoms. The van der Waals surface area contributed by atoms with E-state index < -0.39 is 54.1 Å². The number of carbonyl (C=O) groups excluding carboxylic acids is 4. The number of carbonyl (C=O) groups is 4. The number of hydrogen-bond donors (Lipinski definition) is 0. The molecule has 0 aromatic rings. The summed E-state index contributed by atoms with van der Waals surface area (Å²) in [6.45, 7) is 11.3. The maximum atomic E-state index is 12.0. The van der Waals surface area contributed by atoms with Crippen molar-refractivity contribution in [1.29, 1.82) is 0 Å². The Kier molecular flexibility index (Phi) is 9.25. The van der Waals surface area contributed by atoms with Crippen LogP contribution < -0.4 is 0 Å². The van der Waals surface area contributed by atoms with Crippen LogP contribution >= 0.6 is 0 Å². The summed E-state index contributed by atoms with van der Waals surface area (Å²) in [6, 6.07) is 0. The highest BCUT2D eigenvalue weighted by Gasteiger charge is 2.59. The van der Waals surface area contributed by atoms with Crippen molar-refractivity contribution in [2.75, 3.05) is 13.2 Å². The van der Waals surface area contributed by atoms with Crippen LogP contribution in [0.4, 0.5) is 0 Å². The average molecular weight is 473 g/mol. The van der Waals surface area contributed by atoms with Crippen LogP contribution in [-0.4, -0.2) is 67.3 Å². The minimum absolute atomic E-state index is 0.140. The van der Waals surface area contributed by atoms with Gasteiger partial charge in [-0.15, -0.1) is 0 Å². The van der Waals surface area contributed by atoms with Gasteiger partial charge in [0.25, 0.3) is 0 Å². The highest BCUT2D eigenvalue weighted by molar-refractivity contribution is 5.67. The Hall–Kier alpha value is -2.20. The van der Waals surface area contributed by atoms with Crippen LogP contribution in [0.2, 0.25) is 0 Å². The van der Waals surface area contributed by atoms with Gasteiger partial charge in [0.2, 0.25) is 0 Å². The van der Waals surface area contributed by atoms with Crippen molar-refractivity contribution in [2.24, 2.45) is 17.8 Å². The van der Waals surface area contributed by atoms with Crippen LogP contribution in [0.5, 0.6) is 0 Å². The molecule has 0 saturated carbocycles. The monoisotopic (exact) mass is 472 g/mol. The van der Waals surface area contributed by atoms with E-state index in [0.717, 1.165) is 0 Å². The van der Waals surface area contributed by atoms with Crippen molar-refractivity contribution in [3.05, 3.63) is 0 Å². The fourth-order valence-electron chi connectivity index (χ4n) is 4.64. The molecule has 0 N–H and O–H groups in total. The summed E-state index contributed by atoms with van der Waals surface area (Å²) in [4.78, 5) is 46.5. The zero-order valence-corrected chi connectivity index (χ0v) is 20.5. The maximum Gasteiger partial charge on any atom is 0.303 e. The summed E-state index contributed by atoms with van der Waals surface area (Å²) in [5, 5.41) is 0. The molecule has 0 aromatic heterocycles. The van der Waals surface area contributed by atoms with Crippen molar-refractivity contribution in [2.45, 2.75) is 91.5 Å². The first-order valence-corrected chi connectivity index (χ1v) is 11.3. The van der Waals surface area contributed by atoms with Gasteiger partial charge in [-0.1, -0.05) is 20.8 Å². The summed E-state index contributed by atoms with van der Waals surface area (Å²) in [5.74, 6) is -3.65. The molecule has 1 spiro atoms. The van der Waals surface area contributed by atoms with E-state index in [1.165, 1.54) is 27.7 Å². The summed E-state index contributed by atoms with van der Waals surface area (Å²) in [5.41, 5.74) is 0. The summed E-state index contributed by atoms with van der Waals surface area (Å²) in [7, 11) is 0. The van der Waals surface area contributed by atoms with E-state index in [1.807, 2.05) is 20.8 Å². The van der Waals surface area contributed by atoms with Crippen LogP contribution in [0.15, 0.2) is 0 Å². The number of rotatable bonds is 8. The van der Waals surface area contributed by atoms with Gasteiger partial charge in [0.15, 0.2) is 5.79 Å². The molecule has 0 amide bonds. The van der Waals surface area contributed by atoms with Gasteiger partial charge < -0.3 is 28.4 Å². The van der Waals surface area contributed by atoms with Crippen LogP contribution in [0.1, 0.15) is 61.3 Å². The van der Waals surface area contributed by atoms with Gasteiger partial charge in [0.1, 0.15) is 24.4 Å². The van der Waals surface area contributed by atoms with Gasteiger partial charge in [0.05, 0.1) is 13.2 Å². The fraction of sp³-hybridized carbons (Fsp3) is 0.826. The van der Waals surface area contributed by atoms with Crippen molar-refractivity contribution < 1.29 is 47.6 Å². The van der Waals surface area contributed by atoms with Crippen LogP contribution in [-0.2, 0) is 47.6 Å². The van der Waals surface area contributed by atoms with Gasteiger partial charge in [0, 0.05) is 46.0 Å². The zero-order valence-electron chi connectivity index (χ0n) is 20.5. The lowest BCUT2D eigenvalue weighted by molar-refractivity contribution is -0.336. The van der Waals surface area contributed by atoms with E-state index in [2.05, 4.69) is 0 Å². The van der Waals surface area contributed by atoms with E-state index in [0.29, 0.717) is 12.8 Å². The highest BCUT2D eigenvalue weighted by atomic mass is 16.7. The second-order valence-electron chi connectivity index (χ2n) is 9.04. The predicted octanol–water partition coefficient (Wildman–Crippen LogP) is 2.16. The quantitative estimate of drug-likeness (QED) is 0.383. The molecule has 188 valence electrons. The van der Waals surface area contributed by atoms with E-state index in [9.17, 15) is 19.2 Å². The predicted molar refractivity (Wildman–Crippen MR) is 114 cm³/mol. The lowest BCUT2D eigenvalue weighted by Crippen LogP contribution is -2.62. The van der Waals surface area contributed by atoms with E-state index >= 15 is 0 Å². The Bertz CT molecular complexity index is 737. The molecule has 2 saturated heterocycles. The molecule has 2 heterocycles. The Morgan fingerprint density at radius 1 is 0.970 bits per heavy atom. The molecular formula is C23H36O10. The molecule has 0 aromatic carbocycles. The molecular weight excluding hydrogens is 436 g/mol. The Labute approximate surface area is 194 Å². The van der Waals surface area contributed by atoms with Gasteiger partial charge in [-0.2, -0.15) is 0 Å². The first-order chi connectivity index (χ1) is 15.4. The molecule has 0 unspecified atom stereocenters. The normalized spacial score (nSPS) is 33.1. The van der Waals surface area contributed by atoms with Crippen molar-refractivity contribution in [3.8, 4) is 0 Å². The third kappa shape index (κ3) is 6.89. The number of ether oxygens (including phenoxy) is 6. The SMILES string of the molecule is CC(=O)OCC[C@@H](C)[C@H](OC(C)=O)[C@@H]1O[C@]2(C[C@@H](OC(C)=O)CO2)[C@@H](C)[C@H](C)[C@H]1OC(C)=O. The Balaban J connectivity index is 2.36. The molecule has 0 aliphatic carbocycles. The molecule has 10 nitrogen and oxygen atoms in total. The van der Waals surface area contributed by atoms with Crippen molar-refractivity contribution in [3.63, 3.8) is 0 Å². The minimum Gasteiger partial charge on any atom is -0.466 e.